The maximum absolute atomic E-state index is 13.6. The van der Waals surface area contributed by atoms with Gasteiger partial charge in [0.15, 0.2) is 5.69 Å². The molecular formula is C26H33N5O5. The van der Waals surface area contributed by atoms with Gasteiger partial charge in [0.1, 0.15) is 11.2 Å². The molecule has 10 heteroatoms. The molecule has 1 aromatic carbocycles. The van der Waals surface area contributed by atoms with Crippen LogP contribution >= 0.6 is 0 Å². The van der Waals surface area contributed by atoms with Crippen molar-refractivity contribution in [3.05, 3.63) is 47.5 Å². The number of nitrogens with zero attached hydrogens (tertiary/aromatic N) is 3. The Kier molecular flexibility index (Phi) is 7.42. The third kappa shape index (κ3) is 4.84. The first kappa shape index (κ1) is 25.4. The van der Waals surface area contributed by atoms with Crippen molar-refractivity contribution in [1.82, 2.24) is 19.8 Å². The van der Waals surface area contributed by atoms with Crippen molar-refractivity contribution in [2.45, 2.75) is 71.0 Å². The smallest absolute Gasteiger partial charge is 0.338 e. The van der Waals surface area contributed by atoms with E-state index < -0.39 is 23.3 Å². The van der Waals surface area contributed by atoms with Crippen LogP contribution in [0.15, 0.2) is 30.6 Å². The highest BCUT2D eigenvalue weighted by Gasteiger charge is 2.48. The van der Waals surface area contributed by atoms with Crippen LogP contribution in [0, 0.1) is 0 Å². The predicted octanol–water partition coefficient (Wildman–Crippen LogP) is 3.00. The lowest BCUT2D eigenvalue weighted by atomic mass is 9.93. The second-order valence-electron chi connectivity index (χ2n) is 9.51. The highest BCUT2D eigenvalue weighted by molar-refractivity contribution is 6.11. The quantitative estimate of drug-likeness (QED) is 0.543. The highest BCUT2D eigenvalue weighted by atomic mass is 16.5. The third-order valence-electron chi connectivity index (χ3n) is 6.86. The molecule has 192 valence electrons. The SMILES string of the molecule is CCCN1C(=O)c2c(C(=O)Nc3ccc(C(=O)OCC)cc3)ncn2CC1(C)C(=O)NC1CCCC1. The number of fused-ring (bicyclic) bond motifs is 1. The molecular weight excluding hydrogens is 462 g/mol. The standard InChI is InChI=1S/C26H33N5O5/c1-4-14-31-23(33)21-20(22(32)28-19-12-10-17(11-13-19)24(34)36-5-2)27-16-30(21)15-26(31,3)25(35)29-18-8-6-7-9-18/h10-13,16,18H,4-9,14-15H2,1-3H3,(H,28,32)(H,29,35). The molecule has 1 unspecified atom stereocenters. The summed E-state index contributed by atoms with van der Waals surface area (Å²) in [5.74, 6) is -1.56. The fourth-order valence-corrected chi connectivity index (χ4v) is 4.93. The maximum Gasteiger partial charge on any atom is 0.338 e. The first-order valence-electron chi connectivity index (χ1n) is 12.5. The summed E-state index contributed by atoms with van der Waals surface area (Å²) in [7, 11) is 0. The number of carbonyl (C=O) groups excluding carboxylic acids is 4. The Labute approximate surface area is 210 Å². The number of anilines is 1. The molecule has 2 aliphatic rings. The zero-order valence-corrected chi connectivity index (χ0v) is 21.0. The van der Waals surface area contributed by atoms with E-state index in [9.17, 15) is 19.2 Å². The Morgan fingerprint density at radius 1 is 1.14 bits per heavy atom. The number of rotatable bonds is 8. The van der Waals surface area contributed by atoms with E-state index in [0.717, 1.165) is 25.7 Å². The number of hydrogen-bond acceptors (Lipinski definition) is 6. The summed E-state index contributed by atoms with van der Waals surface area (Å²) < 4.78 is 6.57. The van der Waals surface area contributed by atoms with Crippen molar-refractivity contribution < 1.29 is 23.9 Å². The van der Waals surface area contributed by atoms with Crippen LogP contribution in [0.5, 0.6) is 0 Å². The summed E-state index contributed by atoms with van der Waals surface area (Å²) in [6.07, 6.45) is 6.19. The molecule has 36 heavy (non-hydrogen) atoms. The average molecular weight is 496 g/mol. The molecule has 0 radical (unpaired) electrons. The third-order valence-corrected chi connectivity index (χ3v) is 6.86. The zero-order chi connectivity index (χ0) is 25.9. The molecule has 10 nitrogen and oxygen atoms in total. The molecule has 1 saturated carbocycles. The average Bonchev–Trinajstić information content (AvgIpc) is 3.52. The lowest BCUT2D eigenvalue weighted by Gasteiger charge is -2.44. The predicted molar refractivity (Wildman–Crippen MR) is 133 cm³/mol. The van der Waals surface area contributed by atoms with Gasteiger partial charge in [0.25, 0.3) is 11.8 Å². The fraction of sp³-hybridized carbons (Fsp3) is 0.500. The molecule has 3 amide bonds. The first-order valence-corrected chi connectivity index (χ1v) is 12.5. The van der Waals surface area contributed by atoms with Crippen molar-refractivity contribution in [2.75, 3.05) is 18.5 Å². The van der Waals surface area contributed by atoms with Crippen LogP contribution in [0.25, 0.3) is 0 Å². The molecule has 1 aliphatic heterocycles. The minimum absolute atomic E-state index is 0.00572. The topological polar surface area (TPSA) is 123 Å². The van der Waals surface area contributed by atoms with E-state index in [1.54, 1.807) is 47.6 Å². The van der Waals surface area contributed by atoms with Crippen LogP contribution in [-0.2, 0) is 16.1 Å². The normalized spacial score (nSPS) is 19.6. The molecule has 1 aromatic heterocycles. The van der Waals surface area contributed by atoms with Gasteiger partial charge in [-0.3, -0.25) is 14.4 Å². The van der Waals surface area contributed by atoms with Gasteiger partial charge >= 0.3 is 5.97 Å². The number of carbonyl (C=O) groups is 4. The molecule has 0 bridgehead atoms. The van der Waals surface area contributed by atoms with Crippen molar-refractivity contribution in [3.8, 4) is 0 Å². The Morgan fingerprint density at radius 2 is 1.83 bits per heavy atom. The van der Waals surface area contributed by atoms with Crippen molar-refractivity contribution in [3.63, 3.8) is 0 Å². The van der Waals surface area contributed by atoms with E-state index in [0.29, 0.717) is 24.2 Å². The molecule has 2 heterocycles. The van der Waals surface area contributed by atoms with Crippen LogP contribution in [0.4, 0.5) is 5.69 Å². The minimum Gasteiger partial charge on any atom is -0.462 e. The molecule has 1 atom stereocenters. The Morgan fingerprint density at radius 3 is 2.47 bits per heavy atom. The Hall–Kier alpha value is -3.69. The number of esters is 1. The van der Waals surface area contributed by atoms with Gasteiger partial charge in [0.05, 0.1) is 25.0 Å². The van der Waals surface area contributed by atoms with Crippen molar-refractivity contribution in [2.24, 2.45) is 0 Å². The summed E-state index contributed by atoms with van der Waals surface area (Å²) in [4.78, 5) is 57.7. The first-order chi connectivity index (χ1) is 17.3. The second-order valence-corrected chi connectivity index (χ2v) is 9.51. The van der Waals surface area contributed by atoms with E-state index in [4.69, 9.17) is 4.74 Å². The summed E-state index contributed by atoms with van der Waals surface area (Å²) in [6.45, 7) is 6.32. The summed E-state index contributed by atoms with van der Waals surface area (Å²) in [5.41, 5.74) is -0.108. The number of aromatic nitrogens is 2. The van der Waals surface area contributed by atoms with E-state index in [2.05, 4.69) is 15.6 Å². The molecule has 1 aliphatic carbocycles. The van der Waals surface area contributed by atoms with E-state index in [-0.39, 0.29) is 36.5 Å². The van der Waals surface area contributed by atoms with Crippen LogP contribution in [0.3, 0.4) is 0 Å². The fourth-order valence-electron chi connectivity index (χ4n) is 4.93. The lowest BCUT2D eigenvalue weighted by molar-refractivity contribution is -0.133. The number of imidazole rings is 1. The van der Waals surface area contributed by atoms with Crippen molar-refractivity contribution in [1.29, 1.82) is 0 Å². The van der Waals surface area contributed by atoms with E-state index in [1.165, 1.54) is 6.33 Å². The second kappa shape index (κ2) is 10.5. The number of amides is 3. The summed E-state index contributed by atoms with van der Waals surface area (Å²) >= 11 is 0. The van der Waals surface area contributed by atoms with E-state index in [1.807, 2.05) is 6.92 Å². The number of nitrogens with one attached hydrogen (secondary N) is 2. The summed E-state index contributed by atoms with van der Waals surface area (Å²) in [6, 6.07) is 6.41. The van der Waals surface area contributed by atoms with Crippen LogP contribution in [-0.4, -0.2) is 62.9 Å². The van der Waals surface area contributed by atoms with Gasteiger partial charge in [-0.25, -0.2) is 9.78 Å². The van der Waals surface area contributed by atoms with Gasteiger partial charge < -0.3 is 24.8 Å². The van der Waals surface area contributed by atoms with Crippen molar-refractivity contribution >= 4 is 29.4 Å². The summed E-state index contributed by atoms with van der Waals surface area (Å²) in [5, 5.41) is 5.87. The van der Waals surface area contributed by atoms with Gasteiger partial charge in [0, 0.05) is 18.3 Å². The van der Waals surface area contributed by atoms with Gasteiger partial charge in [-0.15, -0.1) is 0 Å². The number of hydrogen-bond donors (Lipinski definition) is 2. The minimum atomic E-state index is -1.08. The Balaban J connectivity index is 1.55. The number of benzene rings is 1. The number of ether oxygens (including phenoxy) is 1. The van der Waals surface area contributed by atoms with Gasteiger partial charge in [-0.1, -0.05) is 19.8 Å². The maximum atomic E-state index is 13.6. The van der Waals surface area contributed by atoms with Crippen LogP contribution in [0.2, 0.25) is 0 Å². The largest absolute Gasteiger partial charge is 0.462 e. The molecule has 2 N–H and O–H groups in total. The van der Waals surface area contributed by atoms with Crippen LogP contribution < -0.4 is 10.6 Å². The molecule has 0 spiro atoms. The van der Waals surface area contributed by atoms with E-state index >= 15 is 0 Å². The molecule has 0 saturated heterocycles. The highest BCUT2D eigenvalue weighted by Crippen LogP contribution is 2.30. The van der Waals surface area contributed by atoms with Gasteiger partial charge in [-0.05, 0) is 57.4 Å². The molecule has 2 aromatic rings. The lowest BCUT2D eigenvalue weighted by Crippen LogP contribution is -2.65. The Bertz CT molecular complexity index is 1150. The molecule has 4 rings (SSSR count). The van der Waals surface area contributed by atoms with Crippen LogP contribution in [0.1, 0.15) is 84.2 Å². The monoisotopic (exact) mass is 495 g/mol. The van der Waals surface area contributed by atoms with Gasteiger partial charge in [-0.2, -0.15) is 0 Å². The zero-order valence-electron chi connectivity index (χ0n) is 21.0. The van der Waals surface area contributed by atoms with Gasteiger partial charge in [0.2, 0.25) is 5.91 Å². The molecule has 1 fully saturated rings.